The van der Waals surface area contributed by atoms with Crippen LogP contribution >= 0.6 is 0 Å². The molecule has 0 bridgehead atoms. The monoisotopic (exact) mass is 382 g/mol. The first kappa shape index (κ1) is 19.4. The Kier molecular flexibility index (Phi) is 6.23. The van der Waals surface area contributed by atoms with E-state index >= 15 is 0 Å². The quantitative estimate of drug-likeness (QED) is 0.561. The average Bonchev–Trinajstić information content (AvgIpc) is 3.26. The lowest BCUT2D eigenvalue weighted by Crippen LogP contribution is -2.29. The maximum Gasteiger partial charge on any atom is 0.273 e. The summed E-state index contributed by atoms with van der Waals surface area (Å²) in [4.78, 5) is 26.5. The van der Waals surface area contributed by atoms with E-state index in [2.05, 4.69) is 20.9 Å². The third-order valence-corrected chi connectivity index (χ3v) is 4.16. The molecule has 1 aromatic carbocycles. The molecule has 8 nitrogen and oxygen atoms in total. The highest BCUT2D eigenvalue weighted by molar-refractivity contribution is 6.45. The third kappa shape index (κ3) is 4.29. The van der Waals surface area contributed by atoms with Gasteiger partial charge in [-0.15, -0.1) is 0 Å². The number of hydrogen-bond acceptors (Lipinski definition) is 7. The molecule has 28 heavy (non-hydrogen) atoms. The second-order valence-electron chi connectivity index (χ2n) is 6.02. The molecule has 3 rings (SSSR count). The lowest BCUT2D eigenvalue weighted by Gasteiger charge is -2.13. The summed E-state index contributed by atoms with van der Waals surface area (Å²) in [5.41, 5.74) is 7.16. The largest absolute Gasteiger partial charge is 0.473 e. The molecule has 2 heterocycles. The molecule has 0 saturated heterocycles. The van der Waals surface area contributed by atoms with E-state index in [0.717, 1.165) is 22.4 Å². The number of carbonyl (C=O) groups excluding carboxylic acids is 1. The van der Waals surface area contributed by atoms with Crippen LogP contribution in [0.25, 0.3) is 5.70 Å². The van der Waals surface area contributed by atoms with Crippen LogP contribution < -0.4 is 15.5 Å². The van der Waals surface area contributed by atoms with Crippen LogP contribution in [-0.4, -0.2) is 37.4 Å². The van der Waals surface area contributed by atoms with E-state index in [4.69, 9.17) is 14.4 Å². The molecule has 1 amide bonds. The Morgan fingerprint density at radius 3 is 2.89 bits per heavy atom. The molecule has 1 aliphatic rings. The minimum Gasteiger partial charge on any atom is -0.473 e. The normalized spacial score (nSPS) is 13.5. The standard InChI is InChI=1S/C20H22N4O4/c1-13-10-15(17-8-9-28-23-17)11-22-20(13)27-12-14-6-4-5-7-16(14)18(24-26-3)19(25)21-2/h4-8,10-11,23H,9,12H2,1-3H3,(H,21,25). The number of hydroxylamine groups is 1. The summed E-state index contributed by atoms with van der Waals surface area (Å²) < 4.78 is 5.91. The average molecular weight is 382 g/mol. The van der Waals surface area contributed by atoms with Gasteiger partial charge in [-0.05, 0) is 24.6 Å². The fourth-order valence-electron chi connectivity index (χ4n) is 2.77. The second-order valence-corrected chi connectivity index (χ2v) is 6.02. The summed E-state index contributed by atoms with van der Waals surface area (Å²) in [6.07, 6.45) is 3.67. The van der Waals surface area contributed by atoms with E-state index in [9.17, 15) is 4.79 Å². The number of pyridine rings is 1. The van der Waals surface area contributed by atoms with Crippen molar-refractivity contribution >= 4 is 17.3 Å². The minimum absolute atomic E-state index is 0.184. The number of amides is 1. The highest BCUT2D eigenvalue weighted by atomic mass is 16.6. The molecule has 1 aliphatic heterocycles. The van der Waals surface area contributed by atoms with Crippen LogP contribution in [0.3, 0.4) is 0 Å². The van der Waals surface area contributed by atoms with Gasteiger partial charge in [0.05, 0.1) is 12.3 Å². The molecule has 0 fully saturated rings. The number of nitrogens with one attached hydrogen (secondary N) is 2. The zero-order valence-electron chi connectivity index (χ0n) is 16.0. The Morgan fingerprint density at radius 1 is 1.39 bits per heavy atom. The second kappa shape index (κ2) is 9.01. The molecule has 0 saturated carbocycles. The van der Waals surface area contributed by atoms with Gasteiger partial charge in [0.25, 0.3) is 5.91 Å². The van der Waals surface area contributed by atoms with Gasteiger partial charge in [0.15, 0.2) is 5.71 Å². The first-order valence-corrected chi connectivity index (χ1v) is 8.73. The molecule has 1 aromatic heterocycles. The van der Waals surface area contributed by atoms with Gasteiger partial charge in [-0.25, -0.2) is 4.98 Å². The summed E-state index contributed by atoms with van der Waals surface area (Å²) in [7, 11) is 2.94. The Hall–Kier alpha value is -3.39. The number of likely N-dealkylation sites (N-methyl/N-ethyl adjacent to an activating group) is 1. The maximum absolute atomic E-state index is 12.1. The Morgan fingerprint density at radius 2 is 2.21 bits per heavy atom. The fraction of sp³-hybridized carbons (Fsp3) is 0.250. The third-order valence-electron chi connectivity index (χ3n) is 4.16. The van der Waals surface area contributed by atoms with Crippen LogP contribution in [0.1, 0.15) is 22.3 Å². The van der Waals surface area contributed by atoms with Crippen LogP contribution in [0.5, 0.6) is 5.88 Å². The lowest BCUT2D eigenvalue weighted by atomic mass is 10.0. The summed E-state index contributed by atoms with van der Waals surface area (Å²) in [6, 6.07) is 9.35. The van der Waals surface area contributed by atoms with Gasteiger partial charge < -0.3 is 14.9 Å². The van der Waals surface area contributed by atoms with Gasteiger partial charge >= 0.3 is 0 Å². The number of rotatable bonds is 7. The molecule has 8 heteroatoms. The van der Waals surface area contributed by atoms with Gasteiger partial charge in [-0.3, -0.25) is 15.1 Å². The molecule has 2 N–H and O–H groups in total. The number of hydrogen-bond donors (Lipinski definition) is 2. The number of benzene rings is 1. The molecular weight excluding hydrogens is 360 g/mol. The number of carbonyl (C=O) groups is 1. The van der Waals surface area contributed by atoms with Crippen molar-refractivity contribution in [3.63, 3.8) is 0 Å². The first-order valence-electron chi connectivity index (χ1n) is 8.73. The fourth-order valence-corrected chi connectivity index (χ4v) is 2.77. The minimum atomic E-state index is -0.340. The number of ether oxygens (including phenoxy) is 1. The molecule has 2 aromatic rings. The predicted molar refractivity (Wildman–Crippen MR) is 104 cm³/mol. The number of aromatic nitrogens is 1. The topological polar surface area (TPSA) is 94.1 Å². The van der Waals surface area contributed by atoms with Crippen molar-refractivity contribution in [2.24, 2.45) is 5.16 Å². The van der Waals surface area contributed by atoms with Crippen LogP contribution in [-0.2, 0) is 21.1 Å². The van der Waals surface area contributed by atoms with Crippen molar-refractivity contribution in [2.75, 3.05) is 20.8 Å². The van der Waals surface area contributed by atoms with E-state index in [1.165, 1.54) is 7.11 Å². The van der Waals surface area contributed by atoms with Gasteiger partial charge in [0, 0.05) is 29.9 Å². The van der Waals surface area contributed by atoms with Gasteiger partial charge in [0.2, 0.25) is 5.88 Å². The van der Waals surface area contributed by atoms with Crippen LogP contribution in [0.2, 0.25) is 0 Å². The van der Waals surface area contributed by atoms with Crippen LogP contribution in [0.15, 0.2) is 47.8 Å². The van der Waals surface area contributed by atoms with E-state index in [1.807, 2.05) is 37.3 Å². The van der Waals surface area contributed by atoms with E-state index in [0.29, 0.717) is 18.1 Å². The van der Waals surface area contributed by atoms with Crippen molar-refractivity contribution in [2.45, 2.75) is 13.5 Å². The van der Waals surface area contributed by atoms with E-state index in [1.54, 1.807) is 19.3 Å². The SMILES string of the molecule is CNC(=O)C(=NOC)c1ccccc1COc1ncc(C2=CCON2)cc1C. The molecular formula is C20H22N4O4. The van der Waals surface area contributed by atoms with Gasteiger partial charge in [-0.2, -0.15) is 0 Å². The number of oxime groups is 1. The molecule has 0 spiro atoms. The Balaban J connectivity index is 1.80. The molecule has 146 valence electrons. The van der Waals surface area contributed by atoms with Gasteiger partial charge in [-0.1, -0.05) is 29.4 Å². The zero-order valence-corrected chi connectivity index (χ0v) is 16.0. The van der Waals surface area contributed by atoms with Crippen molar-refractivity contribution in [1.82, 2.24) is 15.8 Å². The summed E-state index contributed by atoms with van der Waals surface area (Å²) >= 11 is 0. The summed E-state index contributed by atoms with van der Waals surface area (Å²) in [6.45, 7) is 2.68. The van der Waals surface area contributed by atoms with Gasteiger partial charge in [0.1, 0.15) is 13.7 Å². The van der Waals surface area contributed by atoms with Crippen LogP contribution in [0, 0.1) is 6.92 Å². The molecule has 0 aliphatic carbocycles. The van der Waals surface area contributed by atoms with E-state index < -0.39 is 0 Å². The molecule has 0 radical (unpaired) electrons. The van der Waals surface area contributed by atoms with Crippen molar-refractivity contribution in [3.8, 4) is 5.88 Å². The zero-order chi connectivity index (χ0) is 19.9. The van der Waals surface area contributed by atoms with Crippen molar-refractivity contribution in [3.05, 3.63) is 64.9 Å². The predicted octanol–water partition coefficient (Wildman–Crippen LogP) is 1.94. The van der Waals surface area contributed by atoms with Crippen molar-refractivity contribution < 1.29 is 19.2 Å². The number of aryl methyl sites for hydroxylation is 1. The summed E-state index contributed by atoms with van der Waals surface area (Å²) in [5, 5.41) is 6.43. The highest BCUT2D eigenvalue weighted by Crippen LogP contribution is 2.22. The highest BCUT2D eigenvalue weighted by Gasteiger charge is 2.18. The molecule has 0 unspecified atom stereocenters. The smallest absolute Gasteiger partial charge is 0.273 e. The molecule has 0 atom stereocenters. The van der Waals surface area contributed by atoms with Crippen molar-refractivity contribution in [1.29, 1.82) is 0 Å². The lowest BCUT2D eigenvalue weighted by molar-refractivity contribution is -0.114. The first-order chi connectivity index (χ1) is 13.6. The number of nitrogens with zero attached hydrogens (tertiary/aromatic N) is 2. The maximum atomic E-state index is 12.1. The van der Waals surface area contributed by atoms with Crippen LogP contribution in [0.4, 0.5) is 0 Å². The van der Waals surface area contributed by atoms with E-state index in [-0.39, 0.29) is 18.2 Å². The summed E-state index contributed by atoms with van der Waals surface area (Å²) in [5.74, 6) is 0.177. The Bertz CT molecular complexity index is 924. The Labute approximate surface area is 163 Å².